The summed E-state index contributed by atoms with van der Waals surface area (Å²) in [6.45, 7) is 4.76. The Morgan fingerprint density at radius 3 is 2.87 bits per heavy atom. The fraction of sp³-hybridized carbons (Fsp3) is 0.364. The Balaban J connectivity index is 3.07. The van der Waals surface area contributed by atoms with Crippen LogP contribution >= 0.6 is 11.6 Å². The van der Waals surface area contributed by atoms with E-state index in [1.807, 2.05) is 25.1 Å². The van der Waals surface area contributed by atoms with Crippen molar-refractivity contribution in [3.63, 3.8) is 0 Å². The predicted molar refractivity (Wildman–Crippen MR) is 65.2 cm³/mol. The topological polar surface area (TPSA) is 50.4 Å². The smallest absolute Gasteiger partial charge is 0.144 e. The summed E-state index contributed by atoms with van der Waals surface area (Å²) in [6, 6.07) is 5.80. The van der Waals surface area contributed by atoms with E-state index in [2.05, 4.69) is 17.3 Å². The molecule has 4 heteroatoms. The number of amidine groups is 1. The van der Waals surface area contributed by atoms with Crippen LogP contribution in [0.15, 0.2) is 23.2 Å². The summed E-state index contributed by atoms with van der Waals surface area (Å²) in [5.74, 6) is 6.07. The van der Waals surface area contributed by atoms with Gasteiger partial charge in [-0.15, -0.1) is 0 Å². The van der Waals surface area contributed by atoms with Gasteiger partial charge in [0.05, 0.1) is 5.02 Å². The van der Waals surface area contributed by atoms with Gasteiger partial charge in [-0.3, -0.25) is 4.99 Å². The lowest BCUT2D eigenvalue weighted by atomic mass is 10.1. The van der Waals surface area contributed by atoms with E-state index in [9.17, 15) is 0 Å². The van der Waals surface area contributed by atoms with Gasteiger partial charge in [-0.1, -0.05) is 30.7 Å². The zero-order valence-corrected chi connectivity index (χ0v) is 9.80. The predicted octanol–water partition coefficient (Wildman–Crippen LogP) is 2.27. The SMILES string of the molecule is CCCN=C(NN)c1cccc(C)c1Cl. The molecule has 0 heterocycles. The third-order valence-corrected chi connectivity index (χ3v) is 2.58. The van der Waals surface area contributed by atoms with Crippen molar-refractivity contribution in [2.75, 3.05) is 6.54 Å². The van der Waals surface area contributed by atoms with Gasteiger partial charge >= 0.3 is 0 Å². The molecule has 0 amide bonds. The van der Waals surface area contributed by atoms with Crippen LogP contribution < -0.4 is 11.3 Å². The number of hydrogen-bond donors (Lipinski definition) is 2. The summed E-state index contributed by atoms with van der Waals surface area (Å²) in [5, 5.41) is 0.699. The molecule has 0 saturated carbocycles. The standard InChI is InChI=1S/C11H16ClN3/c1-3-7-14-11(15-13)9-6-4-5-8(2)10(9)12/h4-6H,3,7,13H2,1-2H3,(H,14,15). The summed E-state index contributed by atoms with van der Waals surface area (Å²) in [5.41, 5.74) is 4.46. The van der Waals surface area contributed by atoms with Gasteiger partial charge < -0.3 is 5.43 Å². The number of benzene rings is 1. The third-order valence-electron chi connectivity index (χ3n) is 2.08. The lowest BCUT2D eigenvalue weighted by Gasteiger charge is -2.09. The molecule has 0 spiro atoms. The first-order chi connectivity index (χ1) is 7.20. The molecule has 3 nitrogen and oxygen atoms in total. The molecule has 0 fully saturated rings. The summed E-state index contributed by atoms with van der Waals surface area (Å²) in [7, 11) is 0. The van der Waals surface area contributed by atoms with Gasteiger partial charge in [0.2, 0.25) is 0 Å². The van der Waals surface area contributed by atoms with Crippen LogP contribution in [0.2, 0.25) is 5.02 Å². The Morgan fingerprint density at radius 2 is 2.27 bits per heavy atom. The molecule has 82 valence electrons. The highest BCUT2D eigenvalue weighted by molar-refractivity contribution is 6.34. The van der Waals surface area contributed by atoms with Crippen molar-refractivity contribution in [1.82, 2.24) is 5.43 Å². The minimum atomic E-state index is 0.644. The summed E-state index contributed by atoms with van der Waals surface area (Å²) >= 11 is 6.17. The molecule has 1 rings (SSSR count). The molecule has 0 bridgehead atoms. The first-order valence-electron chi connectivity index (χ1n) is 4.97. The van der Waals surface area contributed by atoms with Gasteiger partial charge in [-0.2, -0.15) is 0 Å². The molecule has 15 heavy (non-hydrogen) atoms. The van der Waals surface area contributed by atoms with E-state index in [1.165, 1.54) is 0 Å². The highest BCUT2D eigenvalue weighted by Crippen LogP contribution is 2.20. The van der Waals surface area contributed by atoms with Crippen molar-refractivity contribution in [2.24, 2.45) is 10.8 Å². The van der Waals surface area contributed by atoms with Crippen LogP contribution in [0.1, 0.15) is 24.5 Å². The lowest BCUT2D eigenvalue weighted by Crippen LogP contribution is -2.31. The van der Waals surface area contributed by atoms with Crippen LogP contribution in [0.25, 0.3) is 0 Å². The number of nitrogens with two attached hydrogens (primary N) is 1. The molecule has 1 aromatic rings. The van der Waals surface area contributed by atoms with Crippen LogP contribution in [-0.2, 0) is 0 Å². The van der Waals surface area contributed by atoms with Gasteiger partial charge in [0.1, 0.15) is 5.84 Å². The minimum Gasteiger partial charge on any atom is -0.308 e. The van der Waals surface area contributed by atoms with Crippen LogP contribution in [0.3, 0.4) is 0 Å². The van der Waals surface area contributed by atoms with Gasteiger partial charge in [-0.05, 0) is 25.0 Å². The van der Waals surface area contributed by atoms with E-state index >= 15 is 0 Å². The quantitative estimate of drug-likeness (QED) is 0.359. The Bertz CT molecular complexity index is 361. The largest absolute Gasteiger partial charge is 0.308 e. The van der Waals surface area contributed by atoms with Crippen molar-refractivity contribution in [3.8, 4) is 0 Å². The highest BCUT2D eigenvalue weighted by atomic mass is 35.5. The maximum absolute atomic E-state index is 6.17. The molecule has 0 aromatic heterocycles. The van der Waals surface area contributed by atoms with Crippen LogP contribution in [-0.4, -0.2) is 12.4 Å². The van der Waals surface area contributed by atoms with E-state index in [0.717, 1.165) is 24.1 Å². The second-order valence-electron chi connectivity index (χ2n) is 3.31. The molecule has 3 N–H and O–H groups in total. The number of aryl methyl sites for hydroxylation is 1. The molecule has 1 aromatic carbocycles. The van der Waals surface area contributed by atoms with Gasteiger partial charge in [0, 0.05) is 12.1 Å². The van der Waals surface area contributed by atoms with Gasteiger partial charge in [-0.25, -0.2) is 5.84 Å². The number of aliphatic imine (C=N–C) groups is 1. The summed E-state index contributed by atoms with van der Waals surface area (Å²) < 4.78 is 0. The normalized spacial score (nSPS) is 11.6. The van der Waals surface area contributed by atoms with E-state index in [1.54, 1.807) is 0 Å². The van der Waals surface area contributed by atoms with E-state index < -0.39 is 0 Å². The van der Waals surface area contributed by atoms with E-state index in [-0.39, 0.29) is 0 Å². The zero-order chi connectivity index (χ0) is 11.3. The zero-order valence-electron chi connectivity index (χ0n) is 9.05. The van der Waals surface area contributed by atoms with Crippen molar-refractivity contribution in [2.45, 2.75) is 20.3 Å². The van der Waals surface area contributed by atoms with Crippen molar-refractivity contribution in [1.29, 1.82) is 0 Å². The molecule has 0 saturated heterocycles. The lowest BCUT2D eigenvalue weighted by molar-refractivity contribution is 0.907. The fourth-order valence-corrected chi connectivity index (χ4v) is 1.48. The molecule has 0 radical (unpaired) electrons. The number of hydrogen-bond acceptors (Lipinski definition) is 2. The highest BCUT2D eigenvalue weighted by Gasteiger charge is 2.07. The maximum Gasteiger partial charge on any atom is 0.144 e. The van der Waals surface area contributed by atoms with Crippen molar-refractivity contribution in [3.05, 3.63) is 34.3 Å². The second kappa shape index (κ2) is 5.73. The number of nitrogens with zero attached hydrogens (tertiary/aromatic N) is 1. The first-order valence-corrected chi connectivity index (χ1v) is 5.35. The second-order valence-corrected chi connectivity index (χ2v) is 3.69. The molecule has 0 atom stereocenters. The molecule has 0 unspecified atom stereocenters. The maximum atomic E-state index is 6.17. The summed E-state index contributed by atoms with van der Waals surface area (Å²) in [6.07, 6.45) is 0.981. The molecular weight excluding hydrogens is 210 g/mol. The minimum absolute atomic E-state index is 0.644. The number of halogens is 1. The number of rotatable bonds is 3. The average Bonchev–Trinajstić information content (AvgIpc) is 2.25. The number of hydrazine groups is 1. The fourth-order valence-electron chi connectivity index (χ4n) is 1.26. The van der Waals surface area contributed by atoms with E-state index in [0.29, 0.717) is 10.9 Å². The number of nitrogens with one attached hydrogen (secondary N) is 1. The monoisotopic (exact) mass is 225 g/mol. The van der Waals surface area contributed by atoms with Crippen molar-refractivity contribution >= 4 is 17.4 Å². The third kappa shape index (κ3) is 2.94. The summed E-state index contributed by atoms with van der Waals surface area (Å²) in [4.78, 5) is 4.33. The Labute approximate surface area is 95.3 Å². The van der Waals surface area contributed by atoms with Gasteiger partial charge in [0.15, 0.2) is 0 Å². The first kappa shape index (κ1) is 12.0. The molecule has 0 aliphatic carbocycles. The Hall–Kier alpha value is -1.06. The van der Waals surface area contributed by atoms with Crippen molar-refractivity contribution < 1.29 is 0 Å². The molecular formula is C11H16ClN3. The molecule has 0 aliphatic heterocycles. The van der Waals surface area contributed by atoms with Crippen LogP contribution in [0.5, 0.6) is 0 Å². The average molecular weight is 226 g/mol. The molecule has 0 aliphatic rings. The van der Waals surface area contributed by atoms with Crippen LogP contribution in [0.4, 0.5) is 0 Å². The van der Waals surface area contributed by atoms with Crippen LogP contribution in [0, 0.1) is 6.92 Å². The Kier molecular flexibility index (Phi) is 4.59. The Morgan fingerprint density at radius 1 is 1.53 bits per heavy atom. The van der Waals surface area contributed by atoms with E-state index in [4.69, 9.17) is 17.4 Å². The van der Waals surface area contributed by atoms with Gasteiger partial charge in [0.25, 0.3) is 0 Å².